The van der Waals surface area contributed by atoms with E-state index in [4.69, 9.17) is 5.73 Å². The molecule has 0 radical (unpaired) electrons. The van der Waals surface area contributed by atoms with E-state index < -0.39 is 0 Å². The average Bonchev–Trinajstić information content (AvgIpc) is 2.15. The Kier molecular flexibility index (Phi) is 9.14. The zero-order chi connectivity index (χ0) is 10.6. The van der Waals surface area contributed by atoms with Gasteiger partial charge in [0, 0.05) is 6.07 Å². The summed E-state index contributed by atoms with van der Waals surface area (Å²) in [7, 11) is 4.02. The molecule has 0 atom stereocenters. The average molecular weight is 266 g/mol. The first kappa shape index (κ1) is 17.6. The van der Waals surface area contributed by atoms with E-state index in [1.165, 1.54) is 0 Å². The molecule has 0 bridgehead atoms. The van der Waals surface area contributed by atoms with Gasteiger partial charge in [-0.05, 0) is 20.2 Å². The van der Waals surface area contributed by atoms with E-state index in [9.17, 15) is 4.79 Å². The quantitative estimate of drug-likeness (QED) is 0.593. The number of carbonyl (C=O) groups is 1. The van der Waals surface area contributed by atoms with Crippen LogP contribution in [0.15, 0.2) is 24.5 Å². The first-order valence-corrected chi connectivity index (χ1v) is 4.53. The van der Waals surface area contributed by atoms with Crippen LogP contribution < -0.4 is 22.7 Å². The van der Waals surface area contributed by atoms with Crippen molar-refractivity contribution in [3.05, 3.63) is 30.1 Å². The molecule has 1 heterocycles. The highest BCUT2D eigenvalue weighted by Gasteiger charge is 2.06. The molecule has 0 fully saturated rings. The van der Waals surface area contributed by atoms with Crippen LogP contribution in [0.4, 0.5) is 0 Å². The van der Waals surface area contributed by atoms with Crippen LogP contribution in [0.25, 0.3) is 0 Å². The van der Waals surface area contributed by atoms with Gasteiger partial charge < -0.3 is 23.0 Å². The van der Waals surface area contributed by atoms with Crippen LogP contribution >= 0.6 is 12.4 Å². The Labute approximate surface area is 108 Å². The van der Waals surface area contributed by atoms with Gasteiger partial charge in [-0.25, -0.2) is 4.57 Å². The molecule has 0 aliphatic heterocycles. The molecule has 0 aliphatic rings. The number of halogens is 2. The molecule has 92 valence electrons. The van der Waals surface area contributed by atoms with E-state index >= 15 is 0 Å². The van der Waals surface area contributed by atoms with Gasteiger partial charge in [-0.15, -0.1) is 12.4 Å². The Morgan fingerprint density at radius 1 is 1.50 bits per heavy atom. The Hall–Kier alpha value is -0.840. The van der Waals surface area contributed by atoms with Gasteiger partial charge in [-0.1, -0.05) is 0 Å². The second-order valence-electron chi connectivity index (χ2n) is 3.50. The molecule has 0 unspecified atom stereocenters. The highest BCUT2D eigenvalue weighted by molar-refractivity contribution is 5.92. The van der Waals surface area contributed by atoms with Gasteiger partial charge in [0.25, 0.3) is 5.91 Å². The summed E-state index contributed by atoms with van der Waals surface area (Å²) in [5.74, 6) is -0.385. The summed E-state index contributed by atoms with van der Waals surface area (Å²) in [4.78, 5) is 13.0. The van der Waals surface area contributed by atoms with Gasteiger partial charge in [0.1, 0.15) is 5.56 Å². The molecule has 0 aromatic carbocycles. The molecule has 1 aromatic heterocycles. The van der Waals surface area contributed by atoms with Gasteiger partial charge >= 0.3 is 0 Å². The lowest BCUT2D eigenvalue weighted by Gasteiger charge is -2.05. The Morgan fingerprint density at radius 2 is 2.12 bits per heavy atom. The Balaban J connectivity index is 0. The molecule has 2 N–H and O–H groups in total. The first-order chi connectivity index (χ1) is 6.59. The molecule has 0 spiro atoms. The normalized spacial score (nSPS) is 9.19. The number of primary amides is 1. The third-order valence-corrected chi connectivity index (χ3v) is 1.95. The van der Waals surface area contributed by atoms with Gasteiger partial charge in [-0.3, -0.25) is 4.79 Å². The van der Waals surface area contributed by atoms with E-state index in [1.54, 1.807) is 12.3 Å². The van der Waals surface area contributed by atoms with Crippen LogP contribution in [0, 0.1) is 0 Å². The van der Waals surface area contributed by atoms with Gasteiger partial charge in [-0.2, -0.15) is 0 Å². The summed E-state index contributed by atoms with van der Waals surface area (Å²) >= 11 is 0. The molecule has 0 saturated carbocycles. The highest BCUT2D eigenvalue weighted by atomic mass is 35.5. The van der Waals surface area contributed by atoms with Crippen LogP contribution in [0.3, 0.4) is 0 Å². The van der Waals surface area contributed by atoms with Crippen molar-refractivity contribution in [2.75, 3.05) is 20.6 Å². The number of nitrogens with zero attached hydrogens (tertiary/aromatic N) is 2. The number of rotatable bonds is 4. The fourth-order valence-corrected chi connectivity index (χ4v) is 1.12. The Morgan fingerprint density at radius 3 is 2.62 bits per heavy atom. The van der Waals surface area contributed by atoms with Crippen molar-refractivity contribution >= 4 is 18.3 Å². The predicted molar refractivity (Wildman–Crippen MR) is 61.0 cm³/mol. The molecule has 6 heteroatoms. The summed E-state index contributed by atoms with van der Waals surface area (Å²) < 4.78 is 1.96. The minimum atomic E-state index is -0.385. The van der Waals surface area contributed by atoms with Gasteiger partial charge in [0.2, 0.25) is 0 Å². The molecular formula is C10H17Cl2N3O. The molecule has 1 rings (SSSR count). The lowest BCUT2D eigenvalue weighted by atomic mass is 10.3. The van der Waals surface area contributed by atoms with Crippen molar-refractivity contribution in [2.24, 2.45) is 5.73 Å². The van der Waals surface area contributed by atoms with Crippen LogP contribution in [-0.4, -0.2) is 31.4 Å². The van der Waals surface area contributed by atoms with Crippen LogP contribution in [0.5, 0.6) is 0 Å². The fourth-order valence-electron chi connectivity index (χ4n) is 1.12. The summed E-state index contributed by atoms with van der Waals surface area (Å²) in [6, 6.07) is 3.55. The monoisotopic (exact) mass is 265 g/mol. The van der Waals surface area contributed by atoms with Crippen LogP contribution in [0.2, 0.25) is 0 Å². The number of likely N-dealkylation sites (N-methyl/N-ethyl adjacent to an activating group) is 1. The van der Waals surface area contributed by atoms with Gasteiger partial charge in [0.15, 0.2) is 18.9 Å². The maximum absolute atomic E-state index is 10.9. The number of hydrogen-bond donors (Lipinski definition) is 1. The molecule has 4 nitrogen and oxygen atoms in total. The number of hydrogen-bond acceptors (Lipinski definition) is 2. The molecule has 0 saturated heterocycles. The lowest BCUT2D eigenvalue weighted by Crippen LogP contribution is -3.00. The van der Waals surface area contributed by atoms with E-state index in [0.717, 1.165) is 13.1 Å². The summed E-state index contributed by atoms with van der Waals surface area (Å²) in [5, 5.41) is 0. The molecule has 1 aromatic rings. The standard InChI is InChI=1S/C10H15N3O.2ClH/c1-12(2)6-7-13-5-3-4-9(8-13)10(11)14;;/h3-5,8H,6-7H2,1-2H3,(H-,11,14);2*1H. The largest absolute Gasteiger partial charge is 1.00 e. The molecule has 1 amide bonds. The maximum atomic E-state index is 10.9. The van der Waals surface area contributed by atoms with E-state index in [0.29, 0.717) is 5.56 Å². The second kappa shape index (κ2) is 8.33. The molecular weight excluding hydrogens is 249 g/mol. The van der Waals surface area contributed by atoms with Crippen molar-refractivity contribution < 1.29 is 21.8 Å². The number of carbonyl (C=O) groups excluding carboxylic acids is 1. The summed E-state index contributed by atoms with van der Waals surface area (Å²) in [6.07, 6.45) is 3.70. The van der Waals surface area contributed by atoms with E-state index in [1.807, 2.05) is 30.9 Å². The van der Waals surface area contributed by atoms with E-state index in [-0.39, 0.29) is 30.7 Å². The number of amides is 1. The van der Waals surface area contributed by atoms with Crippen molar-refractivity contribution in [3.63, 3.8) is 0 Å². The van der Waals surface area contributed by atoms with E-state index in [2.05, 4.69) is 4.90 Å². The van der Waals surface area contributed by atoms with Crippen LogP contribution in [0.1, 0.15) is 10.4 Å². The lowest BCUT2D eigenvalue weighted by molar-refractivity contribution is -0.696. The number of nitrogens with two attached hydrogens (primary N) is 1. The zero-order valence-electron chi connectivity index (χ0n) is 9.39. The smallest absolute Gasteiger partial charge is 0.254 e. The highest BCUT2D eigenvalue weighted by Crippen LogP contribution is 1.91. The van der Waals surface area contributed by atoms with Crippen molar-refractivity contribution in [1.82, 2.24) is 4.90 Å². The third kappa shape index (κ3) is 5.90. The third-order valence-electron chi connectivity index (χ3n) is 1.95. The van der Waals surface area contributed by atoms with Gasteiger partial charge in [0.05, 0.1) is 6.54 Å². The molecule has 16 heavy (non-hydrogen) atoms. The summed E-state index contributed by atoms with van der Waals surface area (Å²) in [6.45, 7) is 1.79. The minimum absolute atomic E-state index is 0. The summed E-state index contributed by atoms with van der Waals surface area (Å²) in [5.41, 5.74) is 5.72. The first-order valence-electron chi connectivity index (χ1n) is 4.53. The fraction of sp³-hybridized carbons (Fsp3) is 0.400. The second-order valence-corrected chi connectivity index (χ2v) is 3.50. The minimum Gasteiger partial charge on any atom is -1.00 e. The van der Waals surface area contributed by atoms with Crippen molar-refractivity contribution in [2.45, 2.75) is 6.54 Å². The van der Waals surface area contributed by atoms with Crippen molar-refractivity contribution in [1.29, 1.82) is 0 Å². The van der Waals surface area contributed by atoms with Crippen LogP contribution in [-0.2, 0) is 6.54 Å². The maximum Gasteiger partial charge on any atom is 0.254 e. The number of pyridine rings is 1. The predicted octanol–water partition coefficient (Wildman–Crippen LogP) is -2.94. The van der Waals surface area contributed by atoms with Crippen molar-refractivity contribution in [3.8, 4) is 0 Å². The zero-order valence-corrected chi connectivity index (χ0v) is 11.0. The number of aromatic nitrogens is 1. The Bertz CT molecular complexity index is 332. The molecule has 0 aliphatic carbocycles. The topological polar surface area (TPSA) is 50.2 Å². The SMILES string of the molecule is CN(C)CC[n+]1cccc(C(N)=O)c1.Cl.[Cl-].